The largest absolute Gasteiger partial charge is 0.423 e. The molecule has 0 saturated heterocycles. The van der Waals surface area contributed by atoms with E-state index in [1.165, 1.54) is 26.0 Å². The summed E-state index contributed by atoms with van der Waals surface area (Å²) >= 11 is 0. The lowest BCUT2D eigenvalue weighted by Crippen LogP contribution is -2.11. The van der Waals surface area contributed by atoms with Gasteiger partial charge >= 0.3 is 11.9 Å². The molecule has 0 amide bonds. The maximum Gasteiger partial charge on any atom is 0.338 e. The van der Waals surface area contributed by atoms with E-state index >= 15 is 0 Å². The van der Waals surface area contributed by atoms with Crippen LogP contribution in [0.15, 0.2) is 54.6 Å². The van der Waals surface area contributed by atoms with E-state index in [2.05, 4.69) is 17.9 Å². The molecular weight excluding hydrogens is 361 g/mol. The normalized spacial score (nSPS) is 10.3. The van der Waals surface area contributed by atoms with Crippen LogP contribution in [0.3, 0.4) is 0 Å². The van der Waals surface area contributed by atoms with E-state index in [1.54, 1.807) is 0 Å². The van der Waals surface area contributed by atoms with Gasteiger partial charge in [0.1, 0.15) is 11.6 Å². The van der Waals surface area contributed by atoms with Crippen molar-refractivity contribution in [2.75, 3.05) is 0 Å². The SMILES string of the molecule is C=C(C)C(=O)Oc1ccc(-c2cc(F)c(OC(=O)C(=C)C)c(F)c2)c(F)c1. The summed E-state index contributed by atoms with van der Waals surface area (Å²) in [5.41, 5.74) is -0.177. The lowest BCUT2D eigenvalue weighted by Gasteiger charge is -2.10. The summed E-state index contributed by atoms with van der Waals surface area (Å²) in [4.78, 5) is 22.9. The minimum atomic E-state index is -1.18. The molecule has 27 heavy (non-hydrogen) atoms. The number of ether oxygens (including phenoxy) is 2. The average molecular weight is 376 g/mol. The predicted octanol–water partition coefficient (Wildman–Crippen LogP) is 4.73. The molecule has 0 saturated carbocycles. The second-order valence-corrected chi connectivity index (χ2v) is 5.75. The Kier molecular flexibility index (Phi) is 5.85. The van der Waals surface area contributed by atoms with Crippen LogP contribution in [-0.4, -0.2) is 11.9 Å². The molecule has 0 atom stereocenters. The second-order valence-electron chi connectivity index (χ2n) is 5.75. The van der Waals surface area contributed by atoms with Crippen molar-refractivity contribution < 1.29 is 32.2 Å². The molecule has 4 nitrogen and oxygen atoms in total. The maximum absolute atomic E-state index is 14.3. The Morgan fingerprint density at radius 3 is 1.81 bits per heavy atom. The van der Waals surface area contributed by atoms with Crippen molar-refractivity contribution in [1.29, 1.82) is 0 Å². The Morgan fingerprint density at radius 2 is 1.33 bits per heavy atom. The van der Waals surface area contributed by atoms with E-state index in [4.69, 9.17) is 4.74 Å². The third-order valence-electron chi connectivity index (χ3n) is 3.35. The number of rotatable bonds is 5. The quantitative estimate of drug-likeness (QED) is 0.430. The Morgan fingerprint density at radius 1 is 0.815 bits per heavy atom. The first kappa shape index (κ1) is 20.0. The smallest absolute Gasteiger partial charge is 0.338 e. The minimum absolute atomic E-state index is 0.0381. The van der Waals surface area contributed by atoms with Gasteiger partial charge in [-0.15, -0.1) is 0 Å². The number of halogens is 3. The van der Waals surface area contributed by atoms with Crippen molar-refractivity contribution in [3.63, 3.8) is 0 Å². The minimum Gasteiger partial charge on any atom is -0.423 e. The Hall–Kier alpha value is -3.35. The first-order valence-electron chi connectivity index (χ1n) is 7.64. The van der Waals surface area contributed by atoms with E-state index in [0.717, 1.165) is 18.2 Å². The van der Waals surface area contributed by atoms with Crippen LogP contribution in [0.5, 0.6) is 11.5 Å². The molecule has 2 aromatic carbocycles. The summed E-state index contributed by atoms with van der Waals surface area (Å²) in [6.45, 7) is 9.48. The van der Waals surface area contributed by atoms with Crippen LogP contribution in [0.4, 0.5) is 13.2 Å². The van der Waals surface area contributed by atoms with Crippen molar-refractivity contribution in [1.82, 2.24) is 0 Å². The van der Waals surface area contributed by atoms with Gasteiger partial charge in [-0.05, 0) is 43.7 Å². The molecule has 0 aliphatic carbocycles. The number of benzene rings is 2. The number of carbonyl (C=O) groups is 2. The summed E-state index contributed by atoms with van der Waals surface area (Å²) in [6.07, 6.45) is 0. The van der Waals surface area contributed by atoms with E-state index in [0.29, 0.717) is 0 Å². The van der Waals surface area contributed by atoms with Crippen molar-refractivity contribution in [3.05, 3.63) is 72.1 Å². The van der Waals surface area contributed by atoms with Crippen LogP contribution in [0.25, 0.3) is 11.1 Å². The molecule has 0 unspecified atom stereocenters. The summed E-state index contributed by atoms with van der Waals surface area (Å²) in [5.74, 6) is -5.95. The molecular formula is C20H15F3O4. The first-order chi connectivity index (χ1) is 12.6. The zero-order valence-electron chi connectivity index (χ0n) is 14.6. The van der Waals surface area contributed by atoms with Gasteiger partial charge in [-0.1, -0.05) is 13.2 Å². The first-order valence-corrected chi connectivity index (χ1v) is 7.64. The van der Waals surface area contributed by atoms with Crippen LogP contribution in [0.1, 0.15) is 13.8 Å². The number of hydrogen-bond donors (Lipinski definition) is 0. The molecule has 0 heterocycles. The van der Waals surface area contributed by atoms with Crippen LogP contribution in [0, 0.1) is 17.5 Å². The topological polar surface area (TPSA) is 52.6 Å². The molecule has 0 spiro atoms. The molecule has 0 fully saturated rings. The van der Waals surface area contributed by atoms with Crippen molar-refractivity contribution in [2.45, 2.75) is 13.8 Å². The van der Waals surface area contributed by atoms with Crippen molar-refractivity contribution >= 4 is 11.9 Å². The van der Waals surface area contributed by atoms with Crippen molar-refractivity contribution in [2.24, 2.45) is 0 Å². The fourth-order valence-corrected chi connectivity index (χ4v) is 1.98. The molecule has 0 N–H and O–H groups in total. The molecule has 7 heteroatoms. The third kappa shape index (κ3) is 4.63. The van der Waals surface area contributed by atoms with E-state index < -0.39 is 35.1 Å². The third-order valence-corrected chi connectivity index (χ3v) is 3.35. The van der Waals surface area contributed by atoms with E-state index in [1.807, 2.05) is 0 Å². The van der Waals surface area contributed by atoms with Crippen molar-refractivity contribution in [3.8, 4) is 22.6 Å². The Balaban J connectivity index is 2.36. The lowest BCUT2D eigenvalue weighted by molar-refractivity contribution is -0.131. The van der Waals surface area contributed by atoms with Gasteiger partial charge in [0.15, 0.2) is 11.6 Å². The molecule has 0 radical (unpaired) electrons. The van der Waals surface area contributed by atoms with Gasteiger partial charge < -0.3 is 9.47 Å². The fourth-order valence-electron chi connectivity index (χ4n) is 1.98. The molecule has 0 aliphatic heterocycles. The highest BCUT2D eigenvalue weighted by Crippen LogP contribution is 2.32. The standard InChI is InChI=1S/C20H15F3O4/c1-10(2)19(24)26-13-5-6-14(15(21)9-13)12-7-16(22)18(17(23)8-12)27-20(25)11(3)4/h5-9H,1,3H2,2,4H3. The predicted molar refractivity (Wildman–Crippen MR) is 92.7 cm³/mol. The molecule has 2 aromatic rings. The second kappa shape index (κ2) is 7.90. The highest BCUT2D eigenvalue weighted by molar-refractivity contribution is 5.89. The van der Waals surface area contributed by atoms with E-state index in [9.17, 15) is 22.8 Å². The summed E-state index contributed by atoms with van der Waals surface area (Å²) in [6, 6.07) is 5.01. The molecule has 0 bridgehead atoms. The molecule has 0 aromatic heterocycles. The van der Waals surface area contributed by atoms with Gasteiger partial charge in [0.25, 0.3) is 0 Å². The zero-order valence-corrected chi connectivity index (χ0v) is 14.6. The lowest BCUT2D eigenvalue weighted by atomic mass is 10.0. The van der Waals surface area contributed by atoms with E-state index in [-0.39, 0.29) is 28.0 Å². The van der Waals surface area contributed by atoms with Gasteiger partial charge in [-0.25, -0.2) is 22.8 Å². The monoisotopic (exact) mass is 376 g/mol. The number of esters is 2. The highest BCUT2D eigenvalue weighted by Gasteiger charge is 2.19. The number of hydrogen-bond acceptors (Lipinski definition) is 4. The van der Waals surface area contributed by atoms with Crippen LogP contribution in [-0.2, 0) is 9.59 Å². The van der Waals surface area contributed by atoms with Crippen LogP contribution < -0.4 is 9.47 Å². The van der Waals surface area contributed by atoms with Gasteiger partial charge in [0, 0.05) is 22.8 Å². The molecule has 0 aliphatic rings. The van der Waals surface area contributed by atoms with Gasteiger partial charge in [0.2, 0.25) is 5.75 Å². The molecule has 140 valence electrons. The summed E-state index contributed by atoms with van der Waals surface area (Å²) < 4.78 is 52.1. The number of carbonyl (C=O) groups excluding carboxylic acids is 2. The van der Waals surface area contributed by atoms with Crippen LogP contribution in [0.2, 0.25) is 0 Å². The van der Waals surface area contributed by atoms with Gasteiger partial charge in [-0.3, -0.25) is 0 Å². The Labute approximate surface area is 153 Å². The summed E-state index contributed by atoms with van der Waals surface area (Å²) in [5, 5.41) is 0. The summed E-state index contributed by atoms with van der Waals surface area (Å²) in [7, 11) is 0. The molecule has 2 rings (SSSR count). The van der Waals surface area contributed by atoms with Gasteiger partial charge in [-0.2, -0.15) is 0 Å². The Bertz CT molecular complexity index is 941. The maximum atomic E-state index is 14.3. The highest BCUT2D eigenvalue weighted by atomic mass is 19.1. The van der Waals surface area contributed by atoms with Crippen LogP contribution >= 0.6 is 0 Å². The zero-order chi connectivity index (χ0) is 20.3. The fraction of sp³-hybridized carbons (Fsp3) is 0.100. The average Bonchev–Trinajstić information content (AvgIpc) is 2.57. The van der Waals surface area contributed by atoms with Gasteiger partial charge in [0.05, 0.1) is 0 Å².